The molecule has 1 aromatic carbocycles. The fourth-order valence-corrected chi connectivity index (χ4v) is 3.31. The Morgan fingerprint density at radius 2 is 1.00 bits per heavy atom. The molecule has 10 heteroatoms. The summed E-state index contributed by atoms with van der Waals surface area (Å²) in [5, 5.41) is 0. The second kappa shape index (κ2) is 26.2. The number of hydrogen-bond donors (Lipinski definition) is 0. The minimum atomic E-state index is -0.357. The largest absolute Gasteiger partial charge is 0.463 e. The fraction of sp³-hybridized carbons (Fsp3) is 0.724. The van der Waals surface area contributed by atoms with Gasteiger partial charge in [-0.3, -0.25) is 4.79 Å². The molecule has 0 heterocycles. The van der Waals surface area contributed by atoms with E-state index in [0.29, 0.717) is 84.8 Å². The molecule has 0 spiro atoms. The second-order valence-electron chi connectivity index (χ2n) is 8.59. The molecule has 0 radical (unpaired) electrons. The van der Waals surface area contributed by atoms with Crippen molar-refractivity contribution in [3.05, 3.63) is 35.9 Å². The molecular formula is C29H48O10. The van der Waals surface area contributed by atoms with Crippen molar-refractivity contribution in [2.45, 2.75) is 39.5 Å². The number of unbranched alkanes of at least 4 members (excludes halogenated alkanes) is 1. The quantitative estimate of drug-likeness (QED) is 0.118. The third-order valence-electron chi connectivity index (χ3n) is 5.53. The number of esters is 2. The maximum absolute atomic E-state index is 12.0. The van der Waals surface area contributed by atoms with E-state index in [4.69, 9.17) is 37.9 Å². The molecule has 0 amide bonds. The summed E-state index contributed by atoms with van der Waals surface area (Å²) in [6.07, 6.45) is 3.83. The summed E-state index contributed by atoms with van der Waals surface area (Å²) >= 11 is 0. The van der Waals surface area contributed by atoms with Crippen molar-refractivity contribution in [1.29, 1.82) is 0 Å². The molecule has 0 aliphatic carbocycles. The first-order valence-electron chi connectivity index (χ1n) is 14.0. The maximum Gasteiger partial charge on any atom is 0.338 e. The van der Waals surface area contributed by atoms with Crippen molar-refractivity contribution < 1.29 is 47.5 Å². The molecule has 0 fully saturated rings. The van der Waals surface area contributed by atoms with E-state index in [1.165, 1.54) is 0 Å². The van der Waals surface area contributed by atoms with E-state index in [0.717, 1.165) is 25.7 Å². The van der Waals surface area contributed by atoms with E-state index in [9.17, 15) is 9.59 Å². The van der Waals surface area contributed by atoms with Crippen LogP contribution in [-0.4, -0.2) is 104 Å². The lowest BCUT2D eigenvalue weighted by Gasteiger charge is -2.13. The number of ether oxygens (including phenoxy) is 8. The Kier molecular flexibility index (Phi) is 23.4. The van der Waals surface area contributed by atoms with E-state index in [1.807, 2.05) is 13.0 Å². The zero-order chi connectivity index (χ0) is 28.2. The van der Waals surface area contributed by atoms with Gasteiger partial charge in [-0.05, 0) is 25.0 Å². The molecule has 1 atom stereocenters. The van der Waals surface area contributed by atoms with Crippen molar-refractivity contribution in [1.82, 2.24) is 0 Å². The number of benzene rings is 1. The van der Waals surface area contributed by atoms with Crippen LogP contribution in [0.15, 0.2) is 30.3 Å². The molecule has 1 unspecified atom stereocenters. The highest BCUT2D eigenvalue weighted by molar-refractivity contribution is 5.89. The lowest BCUT2D eigenvalue weighted by Crippen LogP contribution is -2.20. The molecule has 39 heavy (non-hydrogen) atoms. The van der Waals surface area contributed by atoms with E-state index in [1.54, 1.807) is 24.3 Å². The number of hydrogen-bond acceptors (Lipinski definition) is 10. The van der Waals surface area contributed by atoms with Gasteiger partial charge in [0.25, 0.3) is 0 Å². The van der Waals surface area contributed by atoms with Gasteiger partial charge < -0.3 is 37.9 Å². The van der Waals surface area contributed by atoms with Gasteiger partial charge in [-0.2, -0.15) is 0 Å². The summed E-state index contributed by atoms with van der Waals surface area (Å²) in [5.74, 6) is -0.485. The van der Waals surface area contributed by atoms with Gasteiger partial charge >= 0.3 is 11.9 Å². The van der Waals surface area contributed by atoms with Crippen LogP contribution < -0.4 is 0 Å². The van der Waals surface area contributed by atoms with Gasteiger partial charge in [-0.25, -0.2) is 4.79 Å². The number of carbonyl (C=O) groups excluding carboxylic acids is 2. The van der Waals surface area contributed by atoms with Gasteiger partial charge in [-0.1, -0.05) is 44.9 Å². The summed E-state index contributed by atoms with van der Waals surface area (Å²) in [6.45, 7) is 9.91. The summed E-state index contributed by atoms with van der Waals surface area (Å²) in [7, 11) is 0. The first kappa shape index (κ1) is 34.9. The molecule has 0 aliphatic heterocycles. The average Bonchev–Trinajstić information content (AvgIpc) is 2.96. The Labute approximate surface area is 233 Å². The Morgan fingerprint density at radius 1 is 0.590 bits per heavy atom. The standard InChI is InChI=1S/C29H48O10/c1-3-5-9-26(4-2)28(30)38-24-22-36-20-18-34-16-14-32-12-13-33-15-17-35-19-21-37-23-25-39-29(31)27-10-7-6-8-11-27/h6-8,10-11,26H,3-5,9,12-25H2,1-2H3. The van der Waals surface area contributed by atoms with E-state index in [-0.39, 0.29) is 31.1 Å². The van der Waals surface area contributed by atoms with Gasteiger partial charge in [0.2, 0.25) is 0 Å². The monoisotopic (exact) mass is 556 g/mol. The Hall–Kier alpha value is -2.08. The van der Waals surface area contributed by atoms with Crippen molar-refractivity contribution in [2.75, 3.05) is 92.5 Å². The lowest BCUT2D eigenvalue weighted by molar-refractivity contribution is -0.150. The highest BCUT2D eigenvalue weighted by Crippen LogP contribution is 2.14. The van der Waals surface area contributed by atoms with Crippen LogP contribution >= 0.6 is 0 Å². The van der Waals surface area contributed by atoms with Crippen LogP contribution in [0, 0.1) is 5.92 Å². The number of carbonyl (C=O) groups is 2. The third-order valence-corrected chi connectivity index (χ3v) is 5.53. The third kappa shape index (κ3) is 20.5. The van der Waals surface area contributed by atoms with Gasteiger partial charge in [0.1, 0.15) is 13.2 Å². The topological polar surface area (TPSA) is 108 Å². The summed E-state index contributed by atoms with van der Waals surface area (Å²) in [5.41, 5.74) is 0.525. The maximum atomic E-state index is 12.0. The zero-order valence-electron chi connectivity index (χ0n) is 23.8. The van der Waals surface area contributed by atoms with Crippen LogP contribution in [0.3, 0.4) is 0 Å². The minimum Gasteiger partial charge on any atom is -0.463 e. The summed E-state index contributed by atoms with van der Waals surface area (Å²) < 4.78 is 43.0. The predicted molar refractivity (Wildman–Crippen MR) is 146 cm³/mol. The van der Waals surface area contributed by atoms with Crippen molar-refractivity contribution in [3.8, 4) is 0 Å². The fourth-order valence-electron chi connectivity index (χ4n) is 3.31. The van der Waals surface area contributed by atoms with E-state index < -0.39 is 0 Å². The molecule has 0 N–H and O–H groups in total. The summed E-state index contributed by atoms with van der Waals surface area (Å²) in [6, 6.07) is 8.84. The van der Waals surface area contributed by atoms with Crippen LogP contribution in [0.4, 0.5) is 0 Å². The smallest absolute Gasteiger partial charge is 0.338 e. The normalized spacial score (nSPS) is 11.8. The van der Waals surface area contributed by atoms with Gasteiger partial charge in [0.05, 0.1) is 90.8 Å². The molecular weight excluding hydrogens is 508 g/mol. The molecule has 0 aromatic heterocycles. The SMILES string of the molecule is CCCCC(CC)C(=O)OCCOCCOCCOCCOCCOCCOCCOC(=O)c1ccccc1. The highest BCUT2D eigenvalue weighted by Gasteiger charge is 2.16. The molecule has 0 saturated heterocycles. The molecule has 224 valence electrons. The summed E-state index contributed by atoms with van der Waals surface area (Å²) in [4.78, 5) is 23.7. The first-order chi connectivity index (χ1) is 19.2. The Bertz CT molecular complexity index is 701. The van der Waals surface area contributed by atoms with Crippen LogP contribution in [0.1, 0.15) is 49.9 Å². The van der Waals surface area contributed by atoms with Crippen molar-refractivity contribution in [2.24, 2.45) is 5.92 Å². The van der Waals surface area contributed by atoms with Crippen LogP contribution in [0.25, 0.3) is 0 Å². The molecule has 1 rings (SSSR count). The first-order valence-corrected chi connectivity index (χ1v) is 14.0. The van der Waals surface area contributed by atoms with E-state index >= 15 is 0 Å². The van der Waals surface area contributed by atoms with Crippen LogP contribution in [-0.2, 0) is 42.7 Å². The predicted octanol–water partition coefficient (Wildman–Crippen LogP) is 3.70. The minimum absolute atomic E-state index is 0.00482. The zero-order valence-corrected chi connectivity index (χ0v) is 23.8. The van der Waals surface area contributed by atoms with E-state index in [2.05, 4.69) is 6.92 Å². The Morgan fingerprint density at radius 3 is 1.41 bits per heavy atom. The van der Waals surface area contributed by atoms with Gasteiger partial charge in [0.15, 0.2) is 0 Å². The second-order valence-corrected chi connectivity index (χ2v) is 8.59. The van der Waals surface area contributed by atoms with Crippen molar-refractivity contribution in [3.63, 3.8) is 0 Å². The average molecular weight is 557 g/mol. The molecule has 0 bridgehead atoms. The molecule has 1 aromatic rings. The van der Waals surface area contributed by atoms with Gasteiger partial charge in [-0.15, -0.1) is 0 Å². The van der Waals surface area contributed by atoms with Crippen LogP contribution in [0.2, 0.25) is 0 Å². The van der Waals surface area contributed by atoms with Crippen molar-refractivity contribution >= 4 is 11.9 Å². The van der Waals surface area contributed by atoms with Gasteiger partial charge in [0, 0.05) is 0 Å². The molecule has 10 nitrogen and oxygen atoms in total. The number of rotatable bonds is 27. The molecule has 0 aliphatic rings. The Balaban J connectivity index is 1.73. The lowest BCUT2D eigenvalue weighted by atomic mass is 10.00. The van der Waals surface area contributed by atoms with Crippen LogP contribution in [0.5, 0.6) is 0 Å². The molecule has 0 saturated carbocycles. The highest BCUT2D eigenvalue weighted by atomic mass is 16.6.